The number of hydrogen-bond donors (Lipinski definition) is 1. The molecule has 1 fully saturated rings. The third kappa shape index (κ3) is 4.33. The van der Waals surface area contributed by atoms with Gasteiger partial charge in [-0.05, 0) is 39.2 Å². The summed E-state index contributed by atoms with van der Waals surface area (Å²) in [5, 5.41) is 14.9. The lowest BCUT2D eigenvalue weighted by molar-refractivity contribution is -0.310. The van der Waals surface area contributed by atoms with Crippen LogP contribution in [0.2, 0.25) is 0 Å². The van der Waals surface area contributed by atoms with E-state index in [1.807, 2.05) is 18.2 Å². The maximum Gasteiger partial charge on any atom is 0.532 e. The highest BCUT2D eigenvalue weighted by molar-refractivity contribution is 5.89. The van der Waals surface area contributed by atoms with Gasteiger partial charge in [0.25, 0.3) is 0 Å². The van der Waals surface area contributed by atoms with Gasteiger partial charge in [-0.3, -0.25) is 9.68 Å². The molecule has 0 saturated carbocycles. The quantitative estimate of drug-likeness (QED) is 0.531. The van der Waals surface area contributed by atoms with Crippen LogP contribution >= 0.6 is 0 Å². The fraction of sp³-hybridized carbons (Fsp3) is 0.619. The molecule has 2 rings (SSSR count). The number of nitrogens with zero attached hydrogens (tertiary/aromatic N) is 2. The van der Waals surface area contributed by atoms with Crippen molar-refractivity contribution in [3.63, 3.8) is 0 Å². The molecule has 1 N–H and O–H groups in total. The van der Waals surface area contributed by atoms with Crippen molar-refractivity contribution in [1.29, 1.82) is 0 Å². The average molecular weight is 376 g/mol. The van der Waals surface area contributed by atoms with Gasteiger partial charge in [-0.2, -0.15) is 5.06 Å². The monoisotopic (exact) mass is 376 g/mol. The van der Waals surface area contributed by atoms with E-state index in [0.29, 0.717) is 6.42 Å². The van der Waals surface area contributed by atoms with Crippen LogP contribution in [0.1, 0.15) is 72.5 Å². The van der Waals surface area contributed by atoms with Crippen molar-refractivity contribution in [2.45, 2.75) is 78.0 Å². The van der Waals surface area contributed by atoms with Crippen LogP contribution in [0.4, 0.5) is 4.79 Å². The van der Waals surface area contributed by atoms with E-state index in [9.17, 15) is 4.79 Å². The molecule has 6 nitrogen and oxygen atoms in total. The molecule has 0 bridgehead atoms. The fourth-order valence-corrected chi connectivity index (χ4v) is 3.88. The number of carboxylic acid groups (broad SMARTS) is 1. The van der Waals surface area contributed by atoms with Gasteiger partial charge >= 0.3 is 6.16 Å². The number of hydroxylamine groups is 2. The average Bonchev–Trinajstić information content (AvgIpc) is 2.67. The van der Waals surface area contributed by atoms with Crippen LogP contribution in [-0.2, 0) is 9.68 Å². The molecule has 1 aromatic carbocycles. The molecular weight excluding hydrogens is 344 g/mol. The molecule has 0 aromatic heterocycles. The van der Waals surface area contributed by atoms with Crippen LogP contribution in [0, 0.1) is 5.92 Å². The molecule has 0 aliphatic carbocycles. The van der Waals surface area contributed by atoms with E-state index >= 15 is 0 Å². The molecule has 0 radical (unpaired) electrons. The summed E-state index contributed by atoms with van der Waals surface area (Å²) >= 11 is 0. The lowest BCUT2D eigenvalue weighted by atomic mass is 9.70. The molecule has 1 aromatic rings. The molecule has 4 unspecified atom stereocenters. The van der Waals surface area contributed by atoms with Crippen molar-refractivity contribution >= 4 is 11.9 Å². The third-order valence-electron chi connectivity index (χ3n) is 6.20. The Morgan fingerprint density at radius 3 is 2.44 bits per heavy atom. The molecule has 1 aliphatic heterocycles. The highest BCUT2D eigenvalue weighted by Gasteiger charge is 2.53. The number of oxime groups is 1. The predicted molar refractivity (Wildman–Crippen MR) is 105 cm³/mol. The number of rotatable bonds is 6. The zero-order valence-electron chi connectivity index (χ0n) is 17.2. The van der Waals surface area contributed by atoms with Gasteiger partial charge in [0.1, 0.15) is 6.10 Å². The van der Waals surface area contributed by atoms with E-state index in [-0.39, 0.29) is 23.1 Å². The SMILES string of the molecule is CCC1(C)C/C(=N/OC(=O)O)C(C)C(C)(CC)N1OC(C)c1ccccc1. The maximum absolute atomic E-state index is 10.8. The normalized spacial score (nSPS) is 31.6. The molecule has 0 amide bonds. The van der Waals surface area contributed by atoms with Crippen molar-refractivity contribution in [3.05, 3.63) is 35.9 Å². The first-order valence-corrected chi connectivity index (χ1v) is 9.66. The van der Waals surface area contributed by atoms with Crippen LogP contribution in [-0.4, -0.2) is 33.1 Å². The van der Waals surface area contributed by atoms with E-state index in [4.69, 9.17) is 9.94 Å². The second-order valence-electron chi connectivity index (χ2n) is 7.85. The van der Waals surface area contributed by atoms with Crippen LogP contribution in [0.3, 0.4) is 0 Å². The largest absolute Gasteiger partial charge is 0.532 e. The highest BCUT2D eigenvalue weighted by atomic mass is 16.7. The van der Waals surface area contributed by atoms with Crippen molar-refractivity contribution < 1.29 is 19.6 Å². The molecular formula is C21H32N2O4. The molecule has 6 heteroatoms. The van der Waals surface area contributed by atoms with Crippen LogP contribution in [0.25, 0.3) is 0 Å². The van der Waals surface area contributed by atoms with Crippen LogP contribution in [0.5, 0.6) is 0 Å². The fourth-order valence-electron chi connectivity index (χ4n) is 3.88. The number of carbonyl (C=O) groups is 1. The van der Waals surface area contributed by atoms with Gasteiger partial charge in [0.2, 0.25) is 0 Å². The van der Waals surface area contributed by atoms with Gasteiger partial charge in [0.05, 0.1) is 11.3 Å². The lowest BCUT2D eigenvalue weighted by Gasteiger charge is -2.57. The second-order valence-corrected chi connectivity index (χ2v) is 7.85. The maximum atomic E-state index is 10.8. The summed E-state index contributed by atoms with van der Waals surface area (Å²) in [6.45, 7) is 12.7. The minimum absolute atomic E-state index is 0.00977. The Morgan fingerprint density at radius 1 is 1.30 bits per heavy atom. The highest BCUT2D eigenvalue weighted by Crippen LogP contribution is 2.46. The molecule has 1 aliphatic rings. The Bertz CT molecular complexity index is 678. The summed E-state index contributed by atoms with van der Waals surface area (Å²) < 4.78 is 0. The summed E-state index contributed by atoms with van der Waals surface area (Å²) in [5.41, 5.74) is 1.22. The minimum Gasteiger partial charge on any atom is -0.448 e. The number of benzene rings is 1. The topological polar surface area (TPSA) is 71.4 Å². The van der Waals surface area contributed by atoms with Crippen molar-refractivity contribution in [3.8, 4) is 0 Å². The molecule has 0 spiro atoms. The van der Waals surface area contributed by atoms with Crippen molar-refractivity contribution in [2.75, 3.05) is 0 Å². The number of piperidine rings is 1. The second kappa shape index (κ2) is 8.40. The smallest absolute Gasteiger partial charge is 0.448 e. The van der Waals surface area contributed by atoms with E-state index in [1.54, 1.807) is 0 Å². The first-order valence-electron chi connectivity index (χ1n) is 9.66. The van der Waals surface area contributed by atoms with Crippen molar-refractivity contribution in [1.82, 2.24) is 5.06 Å². The summed E-state index contributed by atoms with van der Waals surface area (Å²) in [4.78, 5) is 21.9. The zero-order chi connectivity index (χ0) is 20.2. The zero-order valence-corrected chi connectivity index (χ0v) is 17.2. The Hall–Kier alpha value is -1.92. The third-order valence-corrected chi connectivity index (χ3v) is 6.20. The van der Waals surface area contributed by atoms with Gasteiger partial charge in [-0.25, -0.2) is 4.79 Å². The first-order chi connectivity index (χ1) is 12.7. The Morgan fingerprint density at radius 2 is 1.93 bits per heavy atom. The minimum atomic E-state index is -1.39. The van der Waals surface area contributed by atoms with Crippen LogP contribution < -0.4 is 0 Å². The molecule has 27 heavy (non-hydrogen) atoms. The van der Waals surface area contributed by atoms with E-state index in [0.717, 1.165) is 24.1 Å². The van der Waals surface area contributed by atoms with Crippen LogP contribution in [0.15, 0.2) is 35.5 Å². The molecule has 1 saturated heterocycles. The number of hydrogen-bond acceptors (Lipinski definition) is 5. The standard InChI is InChI=1S/C21H32N2O4/c1-7-20(5)14-18(22-26-19(24)25)15(3)21(6,8-2)23(20)27-16(4)17-12-10-9-11-13-17/h9-13,15-16H,7-8,14H2,1-6H3,(H,24,25)/b22-18-. The molecule has 4 atom stereocenters. The van der Waals surface area contributed by atoms with Gasteiger partial charge in [0, 0.05) is 17.9 Å². The van der Waals surface area contributed by atoms with Gasteiger partial charge in [-0.15, -0.1) is 0 Å². The summed E-state index contributed by atoms with van der Waals surface area (Å²) in [6, 6.07) is 10.2. The lowest BCUT2D eigenvalue weighted by Crippen LogP contribution is -2.66. The summed E-state index contributed by atoms with van der Waals surface area (Å²) in [6.07, 6.45) is 0.779. The Balaban J connectivity index is 2.39. The van der Waals surface area contributed by atoms with E-state index in [1.165, 1.54) is 0 Å². The summed E-state index contributed by atoms with van der Waals surface area (Å²) in [5.74, 6) is -0.00977. The van der Waals surface area contributed by atoms with Gasteiger partial charge < -0.3 is 5.11 Å². The first kappa shape index (κ1) is 21.4. The van der Waals surface area contributed by atoms with Gasteiger partial charge in [-0.1, -0.05) is 56.3 Å². The van der Waals surface area contributed by atoms with Gasteiger partial charge in [0.15, 0.2) is 0 Å². The Kier molecular flexibility index (Phi) is 6.65. The Labute approximate surface area is 162 Å². The van der Waals surface area contributed by atoms with E-state index < -0.39 is 6.16 Å². The summed E-state index contributed by atoms with van der Waals surface area (Å²) in [7, 11) is 0. The predicted octanol–water partition coefficient (Wildman–Crippen LogP) is 5.41. The van der Waals surface area contributed by atoms with Crippen molar-refractivity contribution in [2.24, 2.45) is 11.1 Å². The molecule has 150 valence electrons. The molecule has 1 heterocycles. The van der Waals surface area contributed by atoms with E-state index in [2.05, 4.69) is 68.7 Å².